The van der Waals surface area contributed by atoms with E-state index in [2.05, 4.69) is 15.1 Å². The van der Waals surface area contributed by atoms with E-state index in [1.54, 1.807) is 30.6 Å². The Morgan fingerprint density at radius 2 is 1.94 bits per heavy atom. The third-order valence-corrected chi connectivity index (χ3v) is 2.30. The number of aryl methyl sites for hydroxylation is 1. The minimum atomic E-state index is -0.809. The number of amides is 1. The first-order valence-electron chi connectivity index (χ1n) is 4.98. The molecule has 0 spiro atoms. The summed E-state index contributed by atoms with van der Waals surface area (Å²) in [7, 11) is 0. The third kappa shape index (κ3) is 2.23. The lowest BCUT2D eigenvalue weighted by Gasteiger charge is -2.04. The van der Waals surface area contributed by atoms with Crippen molar-refractivity contribution >= 4 is 5.91 Å². The van der Waals surface area contributed by atoms with Gasteiger partial charge in [-0.1, -0.05) is 17.7 Å². The summed E-state index contributed by atoms with van der Waals surface area (Å²) >= 11 is 0. The number of carbonyl (C=O) groups excluding carboxylic acids is 1. The molecule has 5 heteroatoms. The van der Waals surface area contributed by atoms with Crippen molar-refractivity contribution in [1.29, 1.82) is 0 Å². The fourth-order valence-corrected chi connectivity index (χ4v) is 1.52. The Labute approximate surface area is 97.5 Å². The number of nitrogens with zero attached hydrogens (tertiary/aromatic N) is 3. The molecule has 0 saturated carbocycles. The number of rotatable bonds is 2. The van der Waals surface area contributed by atoms with Gasteiger partial charge in [0.05, 0.1) is 5.56 Å². The highest BCUT2D eigenvalue weighted by atomic mass is 16.3. The molecule has 1 amide bonds. The maximum atomic E-state index is 11.4. The second-order valence-electron chi connectivity index (χ2n) is 3.52. The first kappa shape index (κ1) is 11.1. The number of hydrogen-bond acceptors (Lipinski definition) is 4. The van der Waals surface area contributed by atoms with Crippen LogP contribution in [-0.2, 0) is 0 Å². The Balaban J connectivity index is 2.62. The third-order valence-electron chi connectivity index (χ3n) is 2.30. The summed E-state index contributed by atoms with van der Waals surface area (Å²) in [4.78, 5) is 29.9. The van der Waals surface area contributed by atoms with Crippen LogP contribution < -0.4 is 0 Å². The maximum absolute atomic E-state index is 11.4. The van der Waals surface area contributed by atoms with Crippen LogP contribution >= 0.6 is 0 Å². The van der Waals surface area contributed by atoms with Gasteiger partial charge in [-0.05, 0) is 19.1 Å². The summed E-state index contributed by atoms with van der Waals surface area (Å²) in [5, 5.41) is 2.44. The van der Waals surface area contributed by atoms with Gasteiger partial charge in [0.15, 0.2) is 5.82 Å². The van der Waals surface area contributed by atoms with E-state index >= 15 is 0 Å². The van der Waals surface area contributed by atoms with Gasteiger partial charge in [0.25, 0.3) is 0 Å². The van der Waals surface area contributed by atoms with E-state index in [0.717, 1.165) is 5.56 Å². The molecule has 84 valence electrons. The molecule has 0 atom stereocenters. The van der Waals surface area contributed by atoms with Crippen molar-refractivity contribution < 1.29 is 4.79 Å². The molecule has 2 rings (SSSR count). The van der Waals surface area contributed by atoms with Gasteiger partial charge in [0, 0.05) is 23.1 Å². The van der Waals surface area contributed by atoms with Crippen molar-refractivity contribution in [3.63, 3.8) is 0 Å². The summed E-state index contributed by atoms with van der Waals surface area (Å²) in [6, 6.07) is 6.82. The molecule has 5 nitrogen and oxygen atoms in total. The van der Waals surface area contributed by atoms with E-state index in [1.807, 2.05) is 13.0 Å². The average molecular weight is 227 g/mol. The molecule has 2 aromatic rings. The molecule has 0 aliphatic rings. The topological polar surface area (TPSA) is 72.3 Å². The molecule has 1 aromatic carbocycles. The van der Waals surface area contributed by atoms with Gasteiger partial charge in [0.1, 0.15) is 0 Å². The normalized spacial score (nSPS) is 9.94. The Morgan fingerprint density at radius 1 is 1.24 bits per heavy atom. The van der Waals surface area contributed by atoms with Gasteiger partial charge in [0.2, 0.25) is 0 Å². The van der Waals surface area contributed by atoms with Crippen molar-refractivity contribution in [3.8, 4) is 11.4 Å². The average Bonchev–Trinajstić information content (AvgIpc) is 2.38. The van der Waals surface area contributed by atoms with Crippen LogP contribution in [-0.4, -0.2) is 15.9 Å². The van der Waals surface area contributed by atoms with Gasteiger partial charge < -0.3 is 0 Å². The van der Waals surface area contributed by atoms with Gasteiger partial charge in [-0.25, -0.2) is 9.97 Å². The lowest BCUT2D eigenvalue weighted by Crippen LogP contribution is -2.00. The van der Waals surface area contributed by atoms with Crippen LogP contribution in [0.15, 0.2) is 41.8 Å². The monoisotopic (exact) mass is 227 g/mol. The summed E-state index contributed by atoms with van der Waals surface area (Å²) in [5.74, 6) is -0.407. The zero-order valence-electron chi connectivity index (χ0n) is 9.12. The first-order valence-corrected chi connectivity index (χ1v) is 4.98. The molecule has 17 heavy (non-hydrogen) atoms. The number of benzene rings is 1. The van der Waals surface area contributed by atoms with E-state index < -0.39 is 5.91 Å². The summed E-state index contributed by atoms with van der Waals surface area (Å²) in [5.41, 5.74) is 1.61. The smallest absolute Gasteiger partial charge is 0.263 e. The van der Waals surface area contributed by atoms with E-state index in [4.69, 9.17) is 0 Å². The maximum Gasteiger partial charge on any atom is 0.317 e. The van der Waals surface area contributed by atoms with Crippen LogP contribution in [0.2, 0.25) is 0 Å². The molecule has 0 radical (unpaired) electrons. The molecular formula is C12H9N3O2. The minimum absolute atomic E-state index is 0.228. The van der Waals surface area contributed by atoms with Crippen LogP contribution in [0.3, 0.4) is 0 Å². The number of hydrogen-bond donors (Lipinski definition) is 0. The second kappa shape index (κ2) is 4.61. The summed E-state index contributed by atoms with van der Waals surface area (Å²) < 4.78 is 0. The van der Waals surface area contributed by atoms with Gasteiger partial charge in [-0.15, -0.1) is 4.91 Å². The second-order valence-corrected chi connectivity index (χ2v) is 3.52. The quantitative estimate of drug-likeness (QED) is 0.738. The number of carbonyl (C=O) groups is 1. The highest BCUT2D eigenvalue weighted by molar-refractivity contribution is 6.00. The minimum Gasteiger partial charge on any atom is -0.263 e. The molecule has 0 aliphatic carbocycles. The summed E-state index contributed by atoms with van der Waals surface area (Å²) in [6.45, 7) is 1.83. The molecule has 0 fully saturated rings. The van der Waals surface area contributed by atoms with Gasteiger partial charge in [-0.3, -0.25) is 4.79 Å². The van der Waals surface area contributed by atoms with Crippen molar-refractivity contribution in [3.05, 3.63) is 52.7 Å². The molecule has 0 aliphatic heterocycles. The molecule has 0 saturated heterocycles. The fourth-order valence-electron chi connectivity index (χ4n) is 1.52. The largest absolute Gasteiger partial charge is 0.317 e. The lowest BCUT2D eigenvalue weighted by atomic mass is 10.0. The first-order chi connectivity index (χ1) is 8.22. The predicted molar refractivity (Wildman–Crippen MR) is 62.3 cm³/mol. The molecule has 0 unspecified atom stereocenters. The standard InChI is InChI=1S/C12H9N3O2/c1-8-3-4-9(10(7-8)12(16)15-17)11-13-5-2-6-14-11/h2-7H,1H3. The predicted octanol–water partition coefficient (Wildman–Crippen LogP) is 2.36. The zero-order chi connectivity index (χ0) is 12.3. The Bertz CT molecular complexity index is 567. The van der Waals surface area contributed by atoms with Crippen LogP contribution in [0.1, 0.15) is 15.9 Å². The van der Waals surface area contributed by atoms with Crippen molar-refractivity contribution in [2.45, 2.75) is 6.92 Å². The van der Waals surface area contributed by atoms with Crippen molar-refractivity contribution in [2.75, 3.05) is 0 Å². The highest BCUT2D eigenvalue weighted by Crippen LogP contribution is 2.21. The molecular weight excluding hydrogens is 218 g/mol. The van der Waals surface area contributed by atoms with Crippen molar-refractivity contribution in [2.24, 2.45) is 5.18 Å². The fraction of sp³-hybridized carbons (Fsp3) is 0.0833. The highest BCUT2D eigenvalue weighted by Gasteiger charge is 2.14. The molecule has 1 heterocycles. The number of aromatic nitrogens is 2. The van der Waals surface area contributed by atoms with E-state index in [-0.39, 0.29) is 5.56 Å². The molecule has 0 N–H and O–H groups in total. The van der Waals surface area contributed by atoms with Gasteiger partial charge in [-0.2, -0.15) is 0 Å². The molecule has 1 aromatic heterocycles. The zero-order valence-corrected chi connectivity index (χ0v) is 9.12. The number of nitroso groups, excluding NO2 is 1. The Kier molecular flexibility index (Phi) is 3.00. The Morgan fingerprint density at radius 3 is 2.59 bits per heavy atom. The van der Waals surface area contributed by atoms with Crippen LogP contribution in [0.5, 0.6) is 0 Å². The van der Waals surface area contributed by atoms with E-state index in [0.29, 0.717) is 11.4 Å². The lowest BCUT2D eigenvalue weighted by molar-refractivity contribution is 0.100. The SMILES string of the molecule is Cc1ccc(-c2ncccn2)c(C(=O)N=O)c1. The van der Waals surface area contributed by atoms with Crippen molar-refractivity contribution in [1.82, 2.24) is 9.97 Å². The Hall–Kier alpha value is -2.43. The van der Waals surface area contributed by atoms with Crippen LogP contribution in [0, 0.1) is 11.8 Å². The van der Waals surface area contributed by atoms with Crippen LogP contribution in [0.4, 0.5) is 0 Å². The van der Waals surface area contributed by atoms with Crippen LogP contribution in [0.25, 0.3) is 11.4 Å². The van der Waals surface area contributed by atoms with Gasteiger partial charge >= 0.3 is 5.91 Å². The van der Waals surface area contributed by atoms with E-state index in [9.17, 15) is 9.70 Å². The molecule has 0 bridgehead atoms. The summed E-state index contributed by atoms with van der Waals surface area (Å²) in [6.07, 6.45) is 3.15. The van der Waals surface area contributed by atoms with E-state index in [1.165, 1.54) is 0 Å².